The van der Waals surface area contributed by atoms with Gasteiger partial charge in [0, 0.05) is 44.6 Å². The minimum absolute atomic E-state index is 0.0998. The lowest BCUT2D eigenvalue weighted by Crippen LogP contribution is -2.40. The molecule has 1 aliphatic heterocycles. The zero-order chi connectivity index (χ0) is 29.4. The molecule has 2 atom stereocenters. The van der Waals surface area contributed by atoms with Gasteiger partial charge in [-0.15, -0.1) is 0 Å². The van der Waals surface area contributed by atoms with Crippen LogP contribution in [0.5, 0.6) is 17.2 Å². The lowest BCUT2D eigenvalue weighted by atomic mass is 9.87. The summed E-state index contributed by atoms with van der Waals surface area (Å²) in [4.78, 5) is 0. The summed E-state index contributed by atoms with van der Waals surface area (Å²) in [6, 6.07) is 22.9. The normalized spacial score (nSPS) is 16.7. The first-order valence-corrected chi connectivity index (χ1v) is 15.2. The lowest BCUT2D eigenvalue weighted by molar-refractivity contribution is 0.0105. The molecule has 1 fully saturated rings. The number of rotatable bonds is 18. The number of methoxy groups -OCH3 is 2. The van der Waals surface area contributed by atoms with Crippen molar-refractivity contribution in [2.24, 2.45) is 0 Å². The molecule has 1 saturated heterocycles. The molecule has 0 radical (unpaired) electrons. The average molecular weight is 578 g/mol. The maximum absolute atomic E-state index is 6.50. The van der Waals surface area contributed by atoms with Gasteiger partial charge in [-0.3, -0.25) is 0 Å². The molecule has 3 aromatic carbocycles. The van der Waals surface area contributed by atoms with E-state index in [0.717, 1.165) is 67.1 Å². The molecule has 0 bridgehead atoms. The molecule has 0 unspecified atom stereocenters. The van der Waals surface area contributed by atoms with Gasteiger partial charge in [-0.25, -0.2) is 0 Å². The second kappa shape index (κ2) is 17.8. The summed E-state index contributed by atoms with van der Waals surface area (Å²) in [5, 5.41) is 3.51. The van der Waals surface area contributed by atoms with E-state index in [2.05, 4.69) is 54.7 Å². The van der Waals surface area contributed by atoms with Crippen LogP contribution >= 0.6 is 0 Å². The van der Waals surface area contributed by atoms with Crippen molar-refractivity contribution in [1.82, 2.24) is 5.32 Å². The molecule has 4 rings (SSSR count). The van der Waals surface area contributed by atoms with E-state index >= 15 is 0 Å². The Morgan fingerprint density at radius 2 is 1.60 bits per heavy atom. The van der Waals surface area contributed by atoms with Gasteiger partial charge >= 0.3 is 0 Å². The molecule has 0 aliphatic carbocycles. The quantitative estimate of drug-likeness (QED) is 0.178. The SMILES string of the molecule is CCc1ccc(CO[C@H]2CNCC[C@@H]2c2ccc(OCCCOCc3ccccc3OC)cc2)cc1OCCCOC. The fourth-order valence-corrected chi connectivity index (χ4v) is 5.26. The first-order chi connectivity index (χ1) is 20.7. The Balaban J connectivity index is 1.23. The zero-order valence-corrected chi connectivity index (χ0v) is 25.4. The van der Waals surface area contributed by atoms with Crippen molar-refractivity contribution in [2.75, 3.05) is 53.7 Å². The third kappa shape index (κ3) is 9.73. The molecule has 1 N–H and O–H groups in total. The third-order valence-corrected chi connectivity index (χ3v) is 7.61. The predicted molar refractivity (Wildman–Crippen MR) is 166 cm³/mol. The summed E-state index contributed by atoms with van der Waals surface area (Å²) in [5.74, 6) is 3.02. The number of ether oxygens (including phenoxy) is 6. The second-order valence-electron chi connectivity index (χ2n) is 10.6. The number of nitrogens with one attached hydrogen (secondary N) is 1. The van der Waals surface area contributed by atoms with Gasteiger partial charge < -0.3 is 33.7 Å². The molecule has 42 heavy (non-hydrogen) atoms. The predicted octanol–water partition coefficient (Wildman–Crippen LogP) is 6.32. The summed E-state index contributed by atoms with van der Waals surface area (Å²) in [6.07, 6.45) is 3.77. The number of para-hydroxylation sites is 1. The van der Waals surface area contributed by atoms with Crippen LogP contribution in [0, 0.1) is 0 Å². The highest BCUT2D eigenvalue weighted by Crippen LogP contribution is 2.30. The molecule has 7 heteroatoms. The van der Waals surface area contributed by atoms with Gasteiger partial charge in [0.1, 0.15) is 17.2 Å². The fourth-order valence-electron chi connectivity index (χ4n) is 5.26. The molecule has 0 spiro atoms. The lowest BCUT2D eigenvalue weighted by Gasteiger charge is -2.32. The smallest absolute Gasteiger partial charge is 0.124 e. The van der Waals surface area contributed by atoms with E-state index in [1.807, 2.05) is 24.3 Å². The molecule has 1 aliphatic rings. The molecule has 0 aromatic heterocycles. The molecule has 1 heterocycles. The van der Waals surface area contributed by atoms with E-state index in [1.54, 1.807) is 14.2 Å². The van der Waals surface area contributed by atoms with Gasteiger partial charge in [-0.05, 0) is 60.3 Å². The van der Waals surface area contributed by atoms with E-state index in [4.69, 9.17) is 28.4 Å². The van der Waals surface area contributed by atoms with Crippen LogP contribution in [-0.4, -0.2) is 59.8 Å². The maximum atomic E-state index is 6.50. The minimum atomic E-state index is 0.0998. The summed E-state index contributed by atoms with van der Waals surface area (Å²) in [5.41, 5.74) is 4.70. The van der Waals surface area contributed by atoms with Crippen LogP contribution < -0.4 is 19.5 Å². The Morgan fingerprint density at radius 3 is 2.40 bits per heavy atom. The monoisotopic (exact) mass is 577 g/mol. The van der Waals surface area contributed by atoms with Gasteiger partial charge in [0.25, 0.3) is 0 Å². The van der Waals surface area contributed by atoms with Crippen LogP contribution in [0.2, 0.25) is 0 Å². The van der Waals surface area contributed by atoms with Gasteiger partial charge in [-0.2, -0.15) is 0 Å². The summed E-state index contributed by atoms with van der Waals surface area (Å²) in [7, 11) is 3.40. The van der Waals surface area contributed by atoms with E-state index < -0.39 is 0 Å². The Morgan fingerprint density at radius 1 is 0.786 bits per heavy atom. The number of hydrogen-bond acceptors (Lipinski definition) is 7. The molecular formula is C35H47NO6. The first-order valence-electron chi connectivity index (χ1n) is 15.2. The highest BCUT2D eigenvalue weighted by molar-refractivity contribution is 5.37. The van der Waals surface area contributed by atoms with Crippen LogP contribution in [0.1, 0.15) is 54.4 Å². The summed E-state index contributed by atoms with van der Waals surface area (Å²) in [6.45, 7) is 7.67. The number of piperidine rings is 1. The van der Waals surface area contributed by atoms with Crippen LogP contribution in [0.25, 0.3) is 0 Å². The van der Waals surface area contributed by atoms with E-state index in [9.17, 15) is 0 Å². The van der Waals surface area contributed by atoms with E-state index in [-0.39, 0.29) is 6.10 Å². The Hall–Kier alpha value is -3.10. The van der Waals surface area contributed by atoms with Crippen molar-refractivity contribution in [3.63, 3.8) is 0 Å². The maximum Gasteiger partial charge on any atom is 0.124 e. The topological polar surface area (TPSA) is 67.4 Å². The van der Waals surface area contributed by atoms with Crippen molar-refractivity contribution < 1.29 is 28.4 Å². The third-order valence-electron chi connectivity index (χ3n) is 7.61. The Kier molecular flexibility index (Phi) is 13.5. The second-order valence-corrected chi connectivity index (χ2v) is 10.6. The van der Waals surface area contributed by atoms with Crippen LogP contribution in [0.4, 0.5) is 0 Å². The van der Waals surface area contributed by atoms with E-state index in [0.29, 0.717) is 45.6 Å². The molecule has 0 saturated carbocycles. The summed E-state index contributed by atoms with van der Waals surface area (Å²) < 4.78 is 34.9. The number of aryl methyl sites for hydroxylation is 1. The Bertz CT molecular complexity index is 1180. The molecular weight excluding hydrogens is 530 g/mol. The van der Waals surface area contributed by atoms with Crippen molar-refractivity contribution in [2.45, 2.75) is 57.8 Å². The largest absolute Gasteiger partial charge is 0.496 e. The van der Waals surface area contributed by atoms with Crippen molar-refractivity contribution >= 4 is 0 Å². The van der Waals surface area contributed by atoms with Crippen LogP contribution in [-0.2, 0) is 33.8 Å². The van der Waals surface area contributed by atoms with Crippen molar-refractivity contribution in [3.05, 3.63) is 89.0 Å². The number of benzene rings is 3. The highest BCUT2D eigenvalue weighted by Gasteiger charge is 2.27. The van der Waals surface area contributed by atoms with Crippen LogP contribution in [0.3, 0.4) is 0 Å². The molecule has 7 nitrogen and oxygen atoms in total. The highest BCUT2D eigenvalue weighted by atomic mass is 16.5. The fraction of sp³-hybridized carbons (Fsp3) is 0.486. The Labute approximate surface area is 251 Å². The standard InChI is InChI=1S/C35H47NO6/c1-4-28-12-11-27(23-34(28)41-22-7-19-37-2)25-42-35-24-36-18-17-32(35)29-13-15-31(16-14-29)40-21-8-20-39-26-30-9-5-6-10-33(30)38-3/h5-6,9-16,23,32,35-36H,4,7-8,17-22,24-26H2,1-3H3/t32-,35+/m1/s1. The van der Waals surface area contributed by atoms with Crippen molar-refractivity contribution in [3.8, 4) is 17.2 Å². The van der Waals surface area contributed by atoms with Gasteiger partial charge in [0.15, 0.2) is 0 Å². The van der Waals surface area contributed by atoms with E-state index in [1.165, 1.54) is 11.1 Å². The van der Waals surface area contributed by atoms with Gasteiger partial charge in [-0.1, -0.05) is 49.4 Å². The molecule has 0 amide bonds. The van der Waals surface area contributed by atoms with Crippen molar-refractivity contribution in [1.29, 1.82) is 0 Å². The average Bonchev–Trinajstić information content (AvgIpc) is 3.04. The molecule has 3 aromatic rings. The minimum Gasteiger partial charge on any atom is -0.496 e. The van der Waals surface area contributed by atoms with Gasteiger partial charge in [0.05, 0.1) is 46.2 Å². The van der Waals surface area contributed by atoms with Gasteiger partial charge in [0.2, 0.25) is 0 Å². The first kappa shape index (κ1) is 31.8. The molecule has 228 valence electrons. The van der Waals surface area contributed by atoms with Crippen LogP contribution in [0.15, 0.2) is 66.7 Å². The zero-order valence-electron chi connectivity index (χ0n) is 25.4. The number of hydrogen-bond donors (Lipinski definition) is 1. The summed E-state index contributed by atoms with van der Waals surface area (Å²) >= 11 is 0.